The minimum absolute atomic E-state index is 0.185. The molecule has 0 heterocycles. The summed E-state index contributed by atoms with van der Waals surface area (Å²) >= 11 is 0. The fourth-order valence-corrected chi connectivity index (χ4v) is 2.18. The minimum atomic E-state index is 0.185. The van der Waals surface area contributed by atoms with E-state index in [1.54, 1.807) is 7.11 Å². The van der Waals surface area contributed by atoms with Crippen LogP contribution >= 0.6 is 0 Å². The molecule has 0 amide bonds. The summed E-state index contributed by atoms with van der Waals surface area (Å²) < 4.78 is 5.52. The van der Waals surface area contributed by atoms with Crippen molar-refractivity contribution < 1.29 is 4.74 Å². The number of hydrogen-bond donors (Lipinski definition) is 1. The molecule has 2 nitrogen and oxygen atoms in total. The van der Waals surface area contributed by atoms with Crippen LogP contribution in [0.4, 0.5) is 0 Å². The van der Waals surface area contributed by atoms with Gasteiger partial charge >= 0.3 is 0 Å². The summed E-state index contributed by atoms with van der Waals surface area (Å²) in [5, 5.41) is 0. The molecule has 1 rings (SSSR count). The molecule has 0 bridgehead atoms. The van der Waals surface area contributed by atoms with Crippen LogP contribution in [-0.4, -0.2) is 13.2 Å². The topological polar surface area (TPSA) is 35.2 Å². The first-order valence-electron chi connectivity index (χ1n) is 5.89. The van der Waals surface area contributed by atoms with E-state index in [4.69, 9.17) is 10.5 Å². The first kappa shape index (κ1) is 13.0. The number of benzene rings is 1. The Balaban J connectivity index is 3.27. The Morgan fingerprint density at radius 3 is 2.31 bits per heavy atom. The maximum atomic E-state index is 5.88. The van der Waals surface area contributed by atoms with Crippen molar-refractivity contribution in [2.45, 2.75) is 46.1 Å². The van der Waals surface area contributed by atoms with E-state index < -0.39 is 0 Å². The van der Waals surface area contributed by atoms with Gasteiger partial charge in [0.25, 0.3) is 0 Å². The lowest BCUT2D eigenvalue weighted by Crippen LogP contribution is -2.19. The van der Waals surface area contributed by atoms with Crippen molar-refractivity contribution in [1.82, 2.24) is 0 Å². The molecule has 2 N–H and O–H groups in total. The Labute approximate surface area is 98.8 Å². The van der Waals surface area contributed by atoms with E-state index in [0.717, 1.165) is 12.2 Å². The van der Waals surface area contributed by atoms with Gasteiger partial charge in [-0.2, -0.15) is 0 Å². The molecule has 1 atom stereocenters. The predicted octanol–water partition coefficient (Wildman–Crippen LogP) is 3.02. The van der Waals surface area contributed by atoms with Crippen molar-refractivity contribution in [1.29, 1.82) is 0 Å². The quantitative estimate of drug-likeness (QED) is 0.848. The van der Waals surface area contributed by atoms with Crippen molar-refractivity contribution in [3.8, 4) is 5.75 Å². The third kappa shape index (κ3) is 2.76. The van der Waals surface area contributed by atoms with Crippen molar-refractivity contribution >= 4 is 0 Å². The molecule has 0 aliphatic carbocycles. The predicted molar refractivity (Wildman–Crippen MR) is 69.2 cm³/mol. The van der Waals surface area contributed by atoms with E-state index in [1.807, 2.05) is 6.92 Å². The number of methoxy groups -OCH3 is 1. The largest absolute Gasteiger partial charge is 0.496 e. The standard InChI is InChI=1S/C14H23NO/c1-9(2)13-12(8-11(4)15)7-6-10(3)14(13)16-5/h6-7,9,11H,8,15H2,1-5H3. The van der Waals surface area contributed by atoms with Crippen LogP contribution in [0.2, 0.25) is 0 Å². The van der Waals surface area contributed by atoms with Gasteiger partial charge in [-0.25, -0.2) is 0 Å². The van der Waals surface area contributed by atoms with Crippen LogP contribution in [0.25, 0.3) is 0 Å². The summed E-state index contributed by atoms with van der Waals surface area (Å²) in [4.78, 5) is 0. The highest BCUT2D eigenvalue weighted by Gasteiger charge is 2.15. The third-order valence-corrected chi connectivity index (χ3v) is 2.81. The summed E-state index contributed by atoms with van der Waals surface area (Å²) in [5.41, 5.74) is 9.69. The number of aryl methyl sites for hydroxylation is 1. The second-order valence-corrected chi connectivity index (χ2v) is 4.82. The van der Waals surface area contributed by atoms with Gasteiger partial charge in [-0.05, 0) is 37.3 Å². The number of rotatable bonds is 4. The summed E-state index contributed by atoms with van der Waals surface area (Å²) in [6, 6.07) is 4.48. The monoisotopic (exact) mass is 221 g/mol. The molecule has 0 aliphatic rings. The highest BCUT2D eigenvalue weighted by Crippen LogP contribution is 2.33. The molecule has 16 heavy (non-hydrogen) atoms. The molecule has 1 aromatic carbocycles. The molecule has 0 aliphatic heterocycles. The fraction of sp³-hybridized carbons (Fsp3) is 0.571. The molecule has 0 spiro atoms. The van der Waals surface area contributed by atoms with Crippen molar-refractivity contribution in [3.63, 3.8) is 0 Å². The molecule has 0 aromatic heterocycles. The van der Waals surface area contributed by atoms with Crippen LogP contribution in [0.5, 0.6) is 5.75 Å². The Morgan fingerprint density at radius 2 is 1.88 bits per heavy atom. The van der Waals surface area contributed by atoms with Crippen LogP contribution in [0, 0.1) is 6.92 Å². The number of nitrogens with two attached hydrogens (primary N) is 1. The van der Waals surface area contributed by atoms with E-state index in [9.17, 15) is 0 Å². The van der Waals surface area contributed by atoms with Gasteiger partial charge in [-0.3, -0.25) is 0 Å². The second-order valence-electron chi connectivity index (χ2n) is 4.82. The Morgan fingerprint density at radius 1 is 1.25 bits per heavy atom. The van der Waals surface area contributed by atoms with Gasteiger partial charge in [0.2, 0.25) is 0 Å². The molecule has 0 saturated carbocycles. The van der Waals surface area contributed by atoms with Gasteiger partial charge in [0.15, 0.2) is 0 Å². The Bertz CT molecular complexity index is 356. The average Bonchev–Trinajstić information content (AvgIpc) is 2.18. The molecule has 1 unspecified atom stereocenters. The zero-order chi connectivity index (χ0) is 12.3. The van der Waals surface area contributed by atoms with Crippen LogP contribution in [-0.2, 0) is 6.42 Å². The van der Waals surface area contributed by atoms with Gasteiger partial charge in [0.1, 0.15) is 5.75 Å². The van der Waals surface area contributed by atoms with Gasteiger partial charge in [0.05, 0.1) is 7.11 Å². The maximum absolute atomic E-state index is 5.88. The number of ether oxygens (including phenoxy) is 1. The summed E-state index contributed by atoms with van der Waals surface area (Å²) in [5.74, 6) is 1.48. The van der Waals surface area contributed by atoms with E-state index >= 15 is 0 Å². The molecule has 0 fully saturated rings. The van der Waals surface area contributed by atoms with Crippen molar-refractivity contribution in [2.75, 3.05) is 7.11 Å². The Kier molecular flexibility index (Phi) is 4.36. The minimum Gasteiger partial charge on any atom is -0.496 e. The molecule has 2 heteroatoms. The van der Waals surface area contributed by atoms with E-state index in [0.29, 0.717) is 5.92 Å². The molecular formula is C14H23NO. The van der Waals surface area contributed by atoms with E-state index in [-0.39, 0.29) is 6.04 Å². The van der Waals surface area contributed by atoms with Crippen LogP contribution in [0.3, 0.4) is 0 Å². The van der Waals surface area contributed by atoms with Crippen LogP contribution in [0.15, 0.2) is 12.1 Å². The number of hydrogen-bond acceptors (Lipinski definition) is 2. The first-order chi connectivity index (χ1) is 7.47. The molecule has 1 aromatic rings. The van der Waals surface area contributed by atoms with Crippen molar-refractivity contribution in [2.24, 2.45) is 5.73 Å². The Hall–Kier alpha value is -1.02. The van der Waals surface area contributed by atoms with Gasteiger partial charge in [0, 0.05) is 11.6 Å². The average molecular weight is 221 g/mol. The molecule has 90 valence electrons. The van der Waals surface area contributed by atoms with E-state index in [1.165, 1.54) is 16.7 Å². The maximum Gasteiger partial charge on any atom is 0.125 e. The highest BCUT2D eigenvalue weighted by molar-refractivity contribution is 5.48. The SMILES string of the molecule is COc1c(C)ccc(CC(C)N)c1C(C)C. The van der Waals surface area contributed by atoms with Gasteiger partial charge < -0.3 is 10.5 Å². The second kappa shape index (κ2) is 5.35. The van der Waals surface area contributed by atoms with Gasteiger partial charge in [-0.15, -0.1) is 0 Å². The first-order valence-corrected chi connectivity index (χ1v) is 5.89. The smallest absolute Gasteiger partial charge is 0.125 e. The molecule has 0 radical (unpaired) electrons. The van der Waals surface area contributed by atoms with Gasteiger partial charge in [-0.1, -0.05) is 26.0 Å². The van der Waals surface area contributed by atoms with E-state index in [2.05, 4.69) is 32.9 Å². The summed E-state index contributed by atoms with van der Waals surface area (Å²) in [6.07, 6.45) is 0.907. The lowest BCUT2D eigenvalue weighted by atomic mass is 9.91. The van der Waals surface area contributed by atoms with Crippen LogP contribution in [0.1, 0.15) is 43.4 Å². The zero-order valence-electron chi connectivity index (χ0n) is 11.0. The lowest BCUT2D eigenvalue weighted by molar-refractivity contribution is 0.403. The summed E-state index contributed by atoms with van der Waals surface area (Å²) in [7, 11) is 1.74. The highest BCUT2D eigenvalue weighted by atomic mass is 16.5. The normalized spacial score (nSPS) is 12.9. The lowest BCUT2D eigenvalue weighted by Gasteiger charge is -2.20. The zero-order valence-corrected chi connectivity index (χ0v) is 11.0. The van der Waals surface area contributed by atoms with Crippen molar-refractivity contribution in [3.05, 3.63) is 28.8 Å². The van der Waals surface area contributed by atoms with Crippen LogP contribution < -0.4 is 10.5 Å². The molecule has 0 saturated heterocycles. The molecular weight excluding hydrogens is 198 g/mol. The third-order valence-electron chi connectivity index (χ3n) is 2.81. The fourth-order valence-electron chi connectivity index (χ4n) is 2.18. The summed E-state index contributed by atoms with van der Waals surface area (Å²) in [6.45, 7) is 8.51.